The van der Waals surface area contributed by atoms with Crippen LogP contribution in [0.15, 0.2) is 72.8 Å². The van der Waals surface area contributed by atoms with Crippen LogP contribution in [0.1, 0.15) is 32.6 Å². The zero-order valence-electron chi connectivity index (χ0n) is 15.8. The molecule has 0 atom stereocenters. The summed E-state index contributed by atoms with van der Waals surface area (Å²) in [7, 11) is 3.97. The van der Waals surface area contributed by atoms with E-state index in [0.29, 0.717) is 6.42 Å². The van der Waals surface area contributed by atoms with Crippen molar-refractivity contribution in [3.63, 3.8) is 0 Å². The van der Waals surface area contributed by atoms with Gasteiger partial charge in [0.2, 0.25) is 0 Å². The number of hydrogen-bond acceptors (Lipinski definition) is 2. The molecule has 0 radical (unpaired) electrons. The minimum atomic E-state index is 0.152. The molecule has 0 bridgehead atoms. The van der Waals surface area contributed by atoms with Gasteiger partial charge in [0.1, 0.15) is 0 Å². The van der Waals surface area contributed by atoms with Crippen LogP contribution in [0.4, 0.5) is 5.69 Å². The van der Waals surface area contributed by atoms with Gasteiger partial charge in [0.15, 0.2) is 5.78 Å². The van der Waals surface area contributed by atoms with Crippen molar-refractivity contribution in [3.05, 3.63) is 101 Å². The fourth-order valence-electron chi connectivity index (χ4n) is 3.55. The number of Topliss-reactive ketones (excluding diaryl/α,β-unsaturated/α-hetero) is 1. The zero-order chi connectivity index (χ0) is 18.8. The second-order valence-electron chi connectivity index (χ2n) is 7.29. The van der Waals surface area contributed by atoms with Crippen molar-refractivity contribution in [3.8, 4) is 0 Å². The molecule has 0 saturated heterocycles. The first-order valence-corrected chi connectivity index (χ1v) is 9.28. The van der Waals surface area contributed by atoms with Crippen molar-refractivity contribution in [1.29, 1.82) is 0 Å². The van der Waals surface area contributed by atoms with Crippen molar-refractivity contribution in [2.45, 2.75) is 12.8 Å². The van der Waals surface area contributed by atoms with Gasteiger partial charge in [0, 0.05) is 31.8 Å². The largest absolute Gasteiger partial charge is 0.378 e. The van der Waals surface area contributed by atoms with Gasteiger partial charge < -0.3 is 4.90 Å². The molecule has 2 heteroatoms. The SMILES string of the molecule is CN(C)c1cccc(C(=O)Cc2ccc(C3=Cc4ccccc4C3)cc2)c1. The van der Waals surface area contributed by atoms with E-state index in [9.17, 15) is 4.79 Å². The maximum Gasteiger partial charge on any atom is 0.167 e. The first kappa shape index (κ1) is 17.3. The van der Waals surface area contributed by atoms with Gasteiger partial charge in [0.25, 0.3) is 0 Å². The Balaban J connectivity index is 1.47. The molecule has 3 aromatic rings. The van der Waals surface area contributed by atoms with E-state index in [1.54, 1.807) is 0 Å². The van der Waals surface area contributed by atoms with Gasteiger partial charge in [-0.2, -0.15) is 0 Å². The number of carbonyl (C=O) groups is 1. The molecule has 0 heterocycles. The number of carbonyl (C=O) groups excluding carboxylic acids is 1. The van der Waals surface area contributed by atoms with Gasteiger partial charge in [-0.05, 0) is 46.4 Å². The number of anilines is 1. The zero-order valence-corrected chi connectivity index (χ0v) is 15.8. The molecule has 1 aliphatic rings. The minimum absolute atomic E-state index is 0.152. The lowest BCUT2D eigenvalue weighted by molar-refractivity contribution is 0.0993. The van der Waals surface area contributed by atoms with E-state index < -0.39 is 0 Å². The highest BCUT2D eigenvalue weighted by Crippen LogP contribution is 2.31. The summed E-state index contributed by atoms with van der Waals surface area (Å²) in [6.07, 6.45) is 3.67. The lowest BCUT2D eigenvalue weighted by Crippen LogP contribution is -2.10. The summed E-state index contributed by atoms with van der Waals surface area (Å²) >= 11 is 0. The normalized spacial score (nSPS) is 12.4. The molecule has 0 aliphatic heterocycles. The van der Waals surface area contributed by atoms with Gasteiger partial charge in [-0.25, -0.2) is 0 Å². The highest BCUT2D eigenvalue weighted by Gasteiger charge is 2.14. The molecule has 0 spiro atoms. The highest BCUT2D eigenvalue weighted by molar-refractivity contribution is 5.98. The number of fused-ring (bicyclic) bond motifs is 1. The van der Waals surface area contributed by atoms with E-state index in [0.717, 1.165) is 23.2 Å². The second-order valence-corrected chi connectivity index (χ2v) is 7.29. The molecular formula is C25H23NO. The second kappa shape index (κ2) is 7.24. The summed E-state index contributed by atoms with van der Waals surface area (Å²) in [5.41, 5.74) is 8.13. The Morgan fingerprint density at radius 2 is 1.70 bits per heavy atom. The minimum Gasteiger partial charge on any atom is -0.378 e. The number of allylic oxidation sites excluding steroid dienone is 1. The molecule has 1 aliphatic carbocycles. The average molecular weight is 353 g/mol. The molecule has 134 valence electrons. The first-order chi connectivity index (χ1) is 13.1. The highest BCUT2D eigenvalue weighted by atomic mass is 16.1. The maximum atomic E-state index is 12.6. The van der Waals surface area contributed by atoms with Crippen molar-refractivity contribution >= 4 is 23.1 Å². The van der Waals surface area contributed by atoms with Crippen LogP contribution >= 0.6 is 0 Å². The van der Waals surface area contributed by atoms with E-state index in [-0.39, 0.29) is 5.78 Å². The van der Waals surface area contributed by atoms with Crippen molar-refractivity contribution < 1.29 is 4.79 Å². The number of ketones is 1. The molecule has 4 rings (SSSR count). The number of nitrogens with zero attached hydrogens (tertiary/aromatic N) is 1. The quantitative estimate of drug-likeness (QED) is 0.582. The number of benzene rings is 3. The van der Waals surface area contributed by atoms with Crippen LogP contribution in [0.2, 0.25) is 0 Å². The van der Waals surface area contributed by atoms with Gasteiger partial charge in [-0.15, -0.1) is 0 Å². The third-order valence-electron chi connectivity index (χ3n) is 5.14. The fraction of sp³-hybridized carbons (Fsp3) is 0.160. The van der Waals surface area contributed by atoms with Crippen LogP contribution in [0.25, 0.3) is 11.6 Å². The summed E-state index contributed by atoms with van der Waals surface area (Å²) in [5, 5.41) is 0. The molecule has 0 fully saturated rings. The first-order valence-electron chi connectivity index (χ1n) is 9.28. The van der Waals surface area contributed by atoms with Crippen LogP contribution in [0, 0.1) is 0 Å². The lowest BCUT2D eigenvalue weighted by Gasteiger charge is -2.13. The smallest absolute Gasteiger partial charge is 0.167 e. The van der Waals surface area contributed by atoms with Crippen molar-refractivity contribution in [2.75, 3.05) is 19.0 Å². The summed E-state index contributed by atoms with van der Waals surface area (Å²) in [5.74, 6) is 0.152. The molecule has 0 amide bonds. The molecule has 0 N–H and O–H groups in total. The van der Waals surface area contributed by atoms with Gasteiger partial charge >= 0.3 is 0 Å². The van der Waals surface area contributed by atoms with Gasteiger partial charge in [-0.3, -0.25) is 4.79 Å². The van der Waals surface area contributed by atoms with Crippen LogP contribution in [0.3, 0.4) is 0 Å². The molecule has 2 nitrogen and oxygen atoms in total. The van der Waals surface area contributed by atoms with E-state index >= 15 is 0 Å². The lowest BCUT2D eigenvalue weighted by atomic mass is 9.98. The fourth-order valence-corrected chi connectivity index (χ4v) is 3.55. The summed E-state index contributed by atoms with van der Waals surface area (Å²) in [6.45, 7) is 0. The maximum absolute atomic E-state index is 12.6. The van der Waals surface area contributed by atoms with E-state index in [1.807, 2.05) is 43.3 Å². The summed E-state index contributed by atoms with van der Waals surface area (Å²) in [6, 6.07) is 24.8. The topological polar surface area (TPSA) is 20.3 Å². The van der Waals surface area contributed by atoms with Crippen LogP contribution < -0.4 is 4.90 Å². The Bertz CT molecular complexity index is 1010. The molecule has 3 aromatic carbocycles. The Kier molecular flexibility index (Phi) is 4.64. The van der Waals surface area contributed by atoms with E-state index in [1.165, 1.54) is 22.3 Å². The molecule has 0 unspecified atom stereocenters. The van der Waals surface area contributed by atoms with Gasteiger partial charge in [0.05, 0.1) is 0 Å². The predicted molar refractivity (Wildman–Crippen MR) is 113 cm³/mol. The van der Waals surface area contributed by atoms with E-state index in [4.69, 9.17) is 0 Å². The van der Waals surface area contributed by atoms with Gasteiger partial charge in [-0.1, -0.05) is 66.7 Å². The Labute approximate surface area is 160 Å². The van der Waals surface area contributed by atoms with E-state index in [2.05, 4.69) is 54.6 Å². The molecule has 0 saturated carbocycles. The average Bonchev–Trinajstić information content (AvgIpc) is 3.13. The van der Waals surface area contributed by atoms with Crippen LogP contribution in [0.5, 0.6) is 0 Å². The summed E-state index contributed by atoms with van der Waals surface area (Å²) < 4.78 is 0. The summed E-state index contributed by atoms with van der Waals surface area (Å²) in [4.78, 5) is 14.7. The monoisotopic (exact) mass is 353 g/mol. The van der Waals surface area contributed by atoms with Crippen molar-refractivity contribution in [1.82, 2.24) is 0 Å². The Morgan fingerprint density at radius 1 is 0.926 bits per heavy atom. The van der Waals surface area contributed by atoms with Crippen LogP contribution in [-0.2, 0) is 12.8 Å². The number of rotatable bonds is 5. The molecule has 27 heavy (non-hydrogen) atoms. The third kappa shape index (κ3) is 3.70. The third-order valence-corrected chi connectivity index (χ3v) is 5.14. The van der Waals surface area contributed by atoms with Crippen LogP contribution in [-0.4, -0.2) is 19.9 Å². The Morgan fingerprint density at radius 3 is 2.44 bits per heavy atom. The molecule has 0 aromatic heterocycles. The number of hydrogen-bond donors (Lipinski definition) is 0. The predicted octanol–water partition coefficient (Wildman–Crippen LogP) is 5.27. The van der Waals surface area contributed by atoms with Crippen molar-refractivity contribution in [2.24, 2.45) is 0 Å². The molecular weight excluding hydrogens is 330 g/mol. The Hall–Kier alpha value is -3.13. The standard InChI is InChI=1S/C25H23NO/c1-26(2)24-9-5-8-22(17-24)25(27)14-18-10-12-19(13-11-18)23-15-20-6-3-4-7-21(20)16-23/h3-13,15,17H,14,16H2,1-2H3.